The predicted molar refractivity (Wildman–Crippen MR) is 92.1 cm³/mol. The lowest BCUT2D eigenvalue weighted by Crippen LogP contribution is -2.21. The van der Waals surface area contributed by atoms with Gasteiger partial charge in [0.25, 0.3) is 5.69 Å². The summed E-state index contributed by atoms with van der Waals surface area (Å²) in [6.45, 7) is 0.578. The minimum absolute atomic E-state index is 0.0228. The fraction of sp³-hybridized carbons (Fsp3) is 0.294. The number of anilines is 1. The Balaban J connectivity index is 1.95. The molecule has 0 N–H and O–H groups in total. The van der Waals surface area contributed by atoms with Crippen LogP contribution in [0, 0.1) is 21.7 Å². The molecule has 1 aliphatic rings. The average Bonchev–Trinajstić information content (AvgIpc) is 3.02. The van der Waals surface area contributed by atoms with E-state index >= 15 is 0 Å². The van der Waals surface area contributed by atoms with Crippen molar-refractivity contribution in [2.75, 3.05) is 24.2 Å². The van der Waals surface area contributed by atoms with Gasteiger partial charge in [-0.1, -0.05) is 6.07 Å². The summed E-state index contributed by atoms with van der Waals surface area (Å²) >= 11 is 0. The Bertz CT molecular complexity index is 958. The molecule has 1 atom stereocenters. The van der Waals surface area contributed by atoms with E-state index < -0.39 is 32.3 Å². The van der Waals surface area contributed by atoms with Crippen LogP contribution in [0.2, 0.25) is 0 Å². The van der Waals surface area contributed by atoms with Crippen molar-refractivity contribution >= 4 is 21.2 Å². The van der Waals surface area contributed by atoms with Crippen molar-refractivity contribution in [3.63, 3.8) is 0 Å². The predicted octanol–water partition coefficient (Wildman–Crippen LogP) is 3.27. The summed E-state index contributed by atoms with van der Waals surface area (Å²) in [4.78, 5) is 12.2. The van der Waals surface area contributed by atoms with Gasteiger partial charge in [0.15, 0.2) is 9.84 Å². The van der Waals surface area contributed by atoms with Crippen LogP contribution in [-0.4, -0.2) is 32.7 Å². The summed E-state index contributed by atoms with van der Waals surface area (Å²) in [5.74, 6) is -1.72. The highest BCUT2D eigenvalue weighted by molar-refractivity contribution is 7.90. The number of nitrogens with zero attached hydrogens (tertiary/aromatic N) is 2. The summed E-state index contributed by atoms with van der Waals surface area (Å²) in [6.07, 6.45) is 1.40. The largest absolute Gasteiger partial charge is 0.365 e. The third-order valence-electron chi connectivity index (χ3n) is 4.51. The Morgan fingerprint density at radius 3 is 2.42 bits per heavy atom. The number of rotatable bonds is 4. The fourth-order valence-corrected chi connectivity index (χ4v) is 3.90. The van der Waals surface area contributed by atoms with E-state index in [2.05, 4.69) is 0 Å². The number of benzene rings is 2. The molecule has 0 saturated carbocycles. The first-order valence-corrected chi connectivity index (χ1v) is 9.75. The zero-order valence-electron chi connectivity index (χ0n) is 13.9. The summed E-state index contributed by atoms with van der Waals surface area (Å²) in [5, 5.41) is 11.4. The number of hydrogen-bond donors (Lipinski definition) is 0. The van der Waals surface area contributed by atoms with Crippen molar-refractivity contribution in [1.29, 1.82) is 0 Å². The highest BCUT2D eigenvalue weighted by atomic mass is 32.2. The molecule has 1 saturated heterocycles. The van der Waals surface area contributed by atoms with Crippen molar-refractivity contribution in [3.05, 3.63) is 63.7 Å². The molecule has 1 heterocycles. The van der Waals surface area contributed by atoms with Gasteiger partial charge in [-0.3, -0.25) is 10.1 Å². The molecule has 0 aliphatic carbocycles. The molecule has 9 heteroatoms. The molecule has 0 radical (unpaired) electrons. The molecule has 1 unspecified atom stereocenters. The molecular weight excluding hydrogens is 366 g/mol. The van der Waals surface area contributed by atoms with Gasteiger partial charge in [0, 0.05) is 36.9 Å². The first-order chi connectivity index (χ1) is 12.2. The van der Waals surface area contributed by atoms with Gasteiger partial charge in [-0.15, -0.1) is 0 Å². The summed E-state index contributed by atoms with van der Waals surface area (Å²) in [7, 11) is -3.59. The second kappa shape index (κ2) is 6.64. The van der Waals surface area contributed by atoms with Gasteiger partial charge in [0.1, 0.15) is 17.3 Å². The molecule has 0 spiro atoms. The maximum absolute atomic E-state index is 14.0. The molecule has 2 aromatic rings. The fourth-order valence-electron chi connectivity index (χ4n) is 3.26. The first-order valence-electron chi connectivity index (χ1n) is 7.86. The van der Waals surface area contributed by atoms with Crippen molar-refractivity contribution < 1.29 is 22.1 Å². The minimum atomic E-state index is -3.59. The lowest BCUT2D eigenvalue weighted by molar-refractivity contribution is -0.384. The third-order valence-corrected chi connectivity index (χ3v) is 5.62. The van der Waals surface area contributed by atoms with Crippen molar-refractivity contribution in [3.8, 4) is 0 Å². The van der Waals surface area contributed by atoms with E-state index in [1.54, 1.807) is 4.90 Å². The van der Waals surface area contributed by atoms with Gasteiger partial charge < -0.3 is 4.90 Å². The monoisotopic (exact) mass is 382 g/mol. The molecule has 138 valence electrons. The van der Waals surface area contributed by atoms with Crippen molar-refractivity contribution in [2.24, 2.45) is 0 Å². The third kappa shape index (κ3) is 3.39. The van der Waals surface area contributed by atoms with Gasteiger partial charge >= 0.3 is 0 Å². The average molecular weight is 382 g/mol. The number of hydrogen-bond acceptors (Lipinski definition) is 5. The molecule has 0 aromatic heterocycles. The SMILES string of the molecule is CS(=O)(=O)c1ccc(N2CCC(c3c(F)cccc3F)C2)c([N+](=O)[O-])c1. The van der Waals surface area contributed by atoms with Crippen molar-refractivity contribution in [1.82, 2.24) is 0 Å². The summed E-state index contributed by atoms with van der Waals surface area (Å²) in [6, 6.07) is 7.34. The van der Waals surface area contributed by atoms with Crippen LogP contribution in [0.5, 0.6) is 0 Å². The normalized spacial score (nSPS) is 17.5. The molecule has 0 amide bonds. The van der Waals surface area contributed by atoms with Crippen LogP contribution < -0.4 is 4.90 Å². The van der Waals surface area contributed by atoms with E-state index in [1.165, 1.54) is 30.3 Å². The lowest BCUT2D eigenvalue weighted by atomic mass is 9.97. The number of nitro groups is 1. The van der Waals surface area contributed by atoms with Crippen LogP contribution in [0.3, 0.4) is 0 Å². The standard InChI is InChI=1S/C17H16F2N2O4S/c1-26(24,25)12-5-6-15(16(9-12)21(22)23)20-8-7-11(10-20)17-13(18)3-2-4-14(17)19/h2-6,9,11H,7-8,10H2,1H3. The van der Waals surface area contributed by atoms with Crippen LogP contribution in [0.15, 0.2) is 41.3 Å². The summed E-state index contributed by atoms with van der Waals surface area (Å²) < 4.78 is 51.2. The molecule has 1 fully saturated rings. The zero-order chi connectivity index (χ0) is 19.1. The quantitative estimate of drug-likeness (QED) is 0.599. The Morgan fingerprint density at radius 2 is 1.85 bits per heavy atom. The maximum atomic E-state index is 14.0. The van der Waals surface area contributed by atoms with Gasteiger partial charge in [-0.05, 0) is 30.7 Å². The Labute approximate surface area is 149 Å². The summed E-state index contributed by atoms with van der Waals surface area (Å²) in [5.41, 5.74) is -0.130. The minimum Gasteiger partial charge on any atom is -0.365 e. The van der Waals surface area contributed by atoms with Crippen LogP contribution in [0.4, 0.5) is 20.2 Å². The van der Waals surface area contributed by atoms with Gasteiger partial charge in [-0.25, -0.2) is 17.2 Å². The van der Waals surface area contributed by atoms with E-state index in [1.807, 2.05) is 0 Å². The van der Waals surface area contributed by atoms with Gasteiger partial charge in [0.2, 0.25) is 0 Å². The second-order valence-corrected chi connectivity index (χ2v) is 8.26. The number of nitro benzene ring substituents is 1. The smallest absolute Gasteiger partial charge is 0.293 e. The molecule has 3 rings (SSSR count). The lowest BCUT2D eigenvalue weighted by Gasteiger charge is -2.19. The molecule has 2 aromatic carbocycles. The van der Waals surface area contributed by atoms with Crippen LogP contribution in [0.1, 0.15) is 17.9 Å². The molecule has 1 aliphatic heterocycles. The maximum Gasteiger partial charge on any atom is 0.293 e. The van der Waals surface area contributed by atoms with Gasteiger partial charge in [0.05, 0.1) is 9.82 Å². The highest BCUT2D eigenvalue weighted by Crippen LogP contribution is 2.38. The van der Waals surface area contributed by atoms with E-state index in [4.69, 9.17) is 0 Å². The van der Waals surface area contributed by atoms with Crippen molar-refractivity contribution in [2.45, 2.75) is 17.2 Å². The molecule has 6 nitrogen and oxygen atoms in total. The Kier molecular flexibility index (Phi) is 4.66. The van der Waals surface area contributed by atoms with E-state index in [0.717, 1.165) is 12.3 Å². The van der Waals surface area contributed by atoms with E-state index in [9.17, 15) is 27.3 Å². The topological polar surface area (TPSA) is 80.5 Å². The Morgan fingerprint density at radius 1 is 1.19 bits per heavy atom. The van der Waals surface area contributed by atoms with Crippen LogP contribution in [-0.2, 0) is 9.84 Å². The second-order valence-electron chi connectivity index (χ2n) is 6.25. The molecule has 0 bridgehead atoms. The first kappa shape index (κ1) is 18.2. The van der Waals surface area contributed by atoms with Gasteiger partial charge in [-0.2, -0.15) is 0 Å². The molecule has 26 heavy (non-hydrogen) atoms. The van der Waals surface area contributed by atoms with Crippen LogP contribution in [0.25, 0.3) is 0 Å². The zero-order valence-corrected chi connectivity index (χ0v) is 14.7. The molecular formula is C17H16F2N2O4S. The highest BCUT2D eigenvalue weighted by Gasteiger charge is 2.32. The Hall–Kier alpha value is -2.55. The number of sulfone groups is 1. The van der Waals surface area contributed by atoms with E-state index in [0.29, 0.717) is 13.0 Å². The van der Waals surface area contributed by atoms with Crippen LogP contribution >= 0.6 is 0 Å². The van der Waals surface area contributed by atoms with E-state index in [-0.39, 0.29) is 28.4 Å². The number of halogens is 2.